The van der Waals surface area contributed by atoms with Crippen LogP contribution in [0.5, 0.6) is 0 Å². The molecule has 6 heteroatoms. The van der Waals surface area contributed by atoms with Crippen LogP contribution >= 0.6 is 11.3 Å². The van der Waals surface area contributed by atoms with Crippen molar-refractivity contribution in [1.29, 1.82) is 0 Å². The van der Waals surface area contributed by atoms with Crippen molar-refractivity contribution in [2.75, 3.05) is 13.2 Å². The second-order valence-corrected chi connectivity index (χ2v) is 8.23. The lowest BCUT2D eigenvalue weighted by Gasteiger charge is -2.32. The Morgan fingerprint density at radius 2 is 1.92 bits per heavy atom. The first-order valence-corrected chi connectivity index (χ1v) is 8.99. The van der Waals surface area contributed by atoms with Gasteiger partial charge in [-0.1, -0.05) is 6.08 Å². The van der Waals surface area contributed by atoms with Gasteiger partial charge >= 0.3 is 7.12 Å². The summed E-state index contributed by atoms with van der Waals surface area (Å²) in [6.07, 6.45) is 2.15. The highest BCUT2D eigenvalue weighted by atomic mass is 32.1. The van der Waals surface area contributed by atoms with E-state index in [1.54, 1.807) is 17.4 Å². The Labute approximate surface area is 148 Å². The Bertz CT molecular complexity index is 606. The number of hydrogen-bond acceptors (Lipinski definition) is 4. The van der Waals surface area contributed by atoms with Crippen LogP contribution in [0.2, 0.25) is 0 Å². The molecule has 0 radical (unpaired) electrons. The van der Waals surface area contributed by atoms with E-state index in [-0.39, 0.29) is 5.73 Å². The first kappa shape index (κ1) is 19.4. The summed E-state index contributed by atoms with van der Waals surface area (Å²) in [7, 11) is -0.980. The Hall–Kier alpha value is -0.945. The third kappa shape index (κ3) is 4.17. The zero-order valence-electron chi connectivity index (χ0n) is 15.1. The second kappa shape index (κ2) is 7.52. The van der Waals surface area contributed by atoms with Crippen LogP contribution in [0.1, 0.15) is 43.9 Å². The standard InChI is InChI=1S/C18H26BFO3S/c1-7-11-21-12-10-14(15-9-8-13(2)24-15)16(20)19-22-17(3,4)18(5,6)23-19/h7-9H,1,10-12H2,2-6H3. The molecular weight excluding hydrogens is 326 g/mol. The third-order valence-electron chi connectivity index (χ3n) is 4.52. The normalized spacial score (nSPS) is 20.2. The van der Waals surface area contributed by atoms with Gasteiger partial charge in [0.25, 0.3) is 0 Å². The Morgan fingerprint density at radius 3 is 2.42 bits per heavy atom. The van der Waals surface area contributed by atoms with Crippen LogP contribution in [-0.4, -0.2) is 31.5 Å². The summed E-state index contributed by atoms with van der Waals surface area (Å²) in [6.45, 7) is 14.2. The average Bonchev–Trinajstić information content (AvgIpc) is 3.00. The zero-order valence-corrected chi connectivity index (χ0v) is 16.0. The molecule has 0 aliphatic carbocycles. The summed E-state index contributed by atoms with van der Waals surface area (Å²) in [5.74, 6) is 0. The Balaban J connectivity index is 2.27. The molecule has 0 saturated carbocycles. The molecule has 132 valence electrons. The molecule has 0 N–H and O–H groups in total. The van der Waals surface area contributed by atoms with Crippen molar-refractivity contribution in [1.82, 2.24) is 0 Å². The van der Waals surface area contributed by atoms with E-state index in [1.807, 2.05) is 46.8 Å². The third-order valence-corrected chi connectivity index (χ3v) is 5.58. The first-order chi connectivity index (χ1) is 11.2. The minimum absolute atomic E-state index is 0.363. The minimum Gasteiger partial charge on any atom is -0.398 e. The molecule has 2 heterocycles. The molecule has 2 rings (SSSR count). The molecule has 24 heavy (non-hydrogen) atoms. The molecule has 1 saturated heterocycles. The molecular formula is C18H26BFO3S. The van der Waals surface area contributed by atoms with E-state index in [9.17, 15) is 0 Å². The van der Waals surface area contributed by atoms with Gasteiger partial charge in [0.2, 0.25) is 0 Å². The fraction of sp³-hybridized carbons (Fsp3) is 0.556. The number of thiophene rings is 1. The second-order valence-electron chi connectivity index (χ2n) is 6.94. The van der Waals surface area contributed by atoms with Crippen molar-refractivity contribution in [2.45, 2.75) is 52.2 Å². The zero-order chi connectivity index (χ0) is 18.0. The topological polar surface area (TPSA) is 27.7 Å². The number of aryl methyl sites for hydroxylation is 1. The Kier molecular flexibility index (Phi) is 6.07. The van der Waals surface area contributed by atoms with E-state index >= 15 is 4.39 Å². The predicted molar refractivity (Wildman–Crippen MR) is 98.8 cm³/mol. The van der Waals surface area contributed by atoms with Gasteiger partial charge in [-0.3, -0.25) is 0 Å². The molecule has 1 aliphatic rings. The van der Waals surface area contributed by atoms with Crippen molar-refractivity contribution < 1.29 is 18.4 Å². The van der Waals surface area contributed by atoms with E-state index < -0.39 is 18.3 Å². The van der Waals surface area contributed by atoms with Crippen LogP contribution in [-0.2, 0) is 14.0 Å². The van der Waals surface area contributed by atoms with Gasteiger partial charge in [-0.25, -0.2) is 4.39 Å². The van der Waals surface area contributed by atoms with Crippen molar-refractivity contribution in [3.63, 3.8) is 0 Å². The largest absolute Gasteiger partial charge is 0.525 e. The van der Waals surface area contributed by atoms with Crippen LogP contribution in [0.25, 0.3) is 5.57 Å². The fourth-order valence-electron chi connectivity index (χ4n) is 2.39. The van der Waals surface area contributed by atoms with Crippen molar-refractivity contribution in [3.8, 4) is 0 Å². The van der Waals surface area contributed by atoms with E-state index in [2.05, 4.69) is 6.58 Å². The molecule has 1 aliphatic heterocycles. The van der Waals surface area contributed by atoms with Crippen molar-refractivity contribution in [2.24, 2.45) is 0 Å². The Morgan fingerprint density at radius 1 is 1.29 bits per heavy atom. The quantitative estimate of drug-likeness (QED) is 0.394. The molecule has 3 nitrogen and oxygen atoms in total. The molecule has 1 aromatic rings. The molecule has 0 spiro atoms. The van der Waals surface area contributed by atoms with Gasteiger partial charge in [0.15, 0.2) is 0 Å². The highest BCUT2D eigenvalue weighted by molar-refractivity contribution is 7.13. The number of ether oxygens (including phenoxy) is 1. The molecule has 0 aromatic carbocycles. The van der Waals surface area contributed by atoms with Gasteiger partial charge in [-0.05, 0) is 58.7 Å². The maximum absolute atomic E-state index is 15.2. The van der Waals surface area contributed by atoms with Crippen LogP contribution in [0.3, 0.4) is 0 Å². The van der Waals surface area contributed by atoms with E-state index in [0.717, 1.165) is 9.75 Å². The lowest BCUT2D eigenvalue weighted by atomic mass is 9.83. The van der Waals surface area contributed by atoms with Crippen LogP contribution in [0.15, 0.2) is 30.5 Å². The minimum atomic E-state index is -0.980. The van der Waals surface area contributed by atoms with Crippen molar-refractivity contribution >= 4 is 24.0 Å². The highest BCUT2D eigenvalue weighted by Crippen LogP contribution is 2.41. The maximum Gasteiger partial charge on any atom is 0.525 e. The van der Waals surface area contributed by atoms with E-state index in [1.165, 1.54) is 0 Å². The van der Waals surface area contributed by atoms with Crippen LogP contribution in [0, 0.1) is 6.92 Å². The fourth-order valence-corrected chi connectivity index (χ4v) is 3.33. The molecule has 0 bridgehead atoms. The SMILES string of the molecule is C=CCOCCC(=C(F)B1OC(C)(C)C(C)(C)O1)c1ccc(C)s1. The molecule has 0 unspecified atom stereocenters. The summed E-state index contributed by atoms with van der Waals surface area (Å²) in [5.41, 5.74) is -0.899. The summed E-state index contributed by atoms with van der Waals surface area (Å²) in [4.78, 5) is 2.03. The van der Waals surface area contributed by atoms with Gasteiger partial charge < -0.3 is 14.0 Å². The van der Waals surface area contributed by atoms with E-state index in [4.69, 9.17) is 14.0 Å². The summed E-state index contributed by atoms with van der Waals surface area (Å²) in [5, 5.41) is 0. The predicted octanol–water partition coefficient (Wildman–Crippen LogP) is 4.96. The number of rotatable bonds is 7. The smallest absolute Gasteiger partial charge is 0.398 e. The van der Waals surface area contributed by atoms with Gasteiger partial charge in [0.1, 0.15) is 5.73 Å². The summed E-state index contributed by atoms with van der Waals surface area (Å²) < 4.78 is 32.4. The van der Waals surface area contributed by atoms with Gasteiger partial charge in [0, 0.05) is 9.75 Å². The summed E-state index contributed by atoms with van der Waals surface area (Å²) in [6, 6.07) is 3.93. The molecule has 0 atom stereocenters. The highest BCUT2D eigenvalue weighted by Gasteiger charge is 2.53. The van der Waals surface area contributed by atoms with Crippen LogP contribution in [0.4, 0.5) is 4.39 Å². The molecule has 1 fully saturated rings. The molecule has 0 amide bonds. The molecule has 1 aromatic heterocycles. The van der Waals surface area contributed by atoms with Gasteiger partial charge in [-0.15, -0.1) is 17.9 Å². The average molecular weight is 352 g/mol. The lowest BCUT2D eigenvalue weighted by molar-refractivity contribution is 0.00578. The number of halogens is 1. The maximum atomic E-state index is 15.2. The summed E-state index contributed by atoms with van der Waals surface area (Å²) >= 11 is 1.56. The van der Waals surface area contributed by atoms with Gasteiger partial charge in [-0.2, -0.15) is 0 Å². The monoisotopic (exact) mass is 352 g/mol. The lowest BCUT2D eigenvalue weighted by Crippen LogP contribution is -2.41. The first-order valence-electron chi connectivity index (χ1n) is 8.17. The number of hydrogen-bond donors (Lipinski definition) is 0. The van der Waals surface area contributed by atoms with Gasteiger partial charge in [0.05, 0.1) is 24.4 Å². The van der Waals surface area contributed by atoms with E-state index in [0.29, 0.717) is 25.2 Å². The van der Waals surface area contributed by atoms with Crippen LogP contribution < -0.4 is 0 Å². The van der Waals surface area contributed by atoms with Crippen molar-refractivity contribution in [3.05, 3.63) is 40.3 Å².